The fourth-order valence-electron chi connectivity index (χ4n) is 2.47. The maximum Gasteiger partial charge on any atom is 0.243 e. The Balaban J connectivity index is 4.94. The molecule has 0 spiro atoms. The highest BCUT2D eigenvalue weighted by Gasteiger charge is 2.32. The van der Waals surface area contributed by atoms with Gasteiger partial charge in [0, 0.05) is 6.54 Å². The van der Waals surface area contributed by atoms with Gasteiger partial charge in [0.2, 0.25) is 18.1 Å². The second kappa shape index (κ2) is 13.1. The van der Waals surface area contributed by atoms with Gasteiger partial charge < -0.3 is 32.5 Å². The van der Waals surface area contributed by atoms with Gasteiger partial charge >= 0.3 is 0 Å². The molecule has 0 aliphatic carbocycles. The van der Waals surface area contributed by atoms with Gasteiger partial charge in [0.25, 0.3) is 0 Å². The fraction of sp³-hybridized carbons (Fsp3) is 0.778. The van der Waals surface area contributed by atoms with Crippen molar-refractivity contribution in [3.63, 3.8) is 0 Å². The van der Waals surface area contributed by atoms with Crippen molar-refractivity contribution in [1.82, 2.24) is 16.0 Å². The van der Waals surface area contributed by atoms with Gasteiger partial charge in [-0.25, -0.2) is 0 Å². The molecule has 0 saturated carbocycles. The van der Waals surface area contributed by atoms with E-state index < -0.39 is 36.0 Å². The number of aliphatic hydroxyl groups is 1. The predicted octanol–water partition coefficient (Wildman–Crippen LogP) is -1.28. The van der Waals surface area contributed by atoms with E-state index in [1.54, 1.807) is 27.1 Å². The van der Waals surface area contributed by atoms with E-state index in [-0.39, 0.29) is 17.8 Å². The number of carbonyl (C=O) groups excluding carboxylic acids is 3. The number of aliphatic hydroxyl groups excluding tert-OH is 1. The minimum absolute atomic E-state index is 0.171. The lowest BCUT2D eigenvalue weighted by Gasteiger charge is -2.28. The summed E-state index contributed by atoms with van der Waals surface area (Å²) >= 11 is 0. The third-order valence-electron chi connectivity index (χ3n) is 4.59. The molecule has 0 aliphatic heterocycles. The van der Waals surface area contributed by atoms with Crippen LogP contribution in [0.4, 0.5) is 0 Å². The zero-order valence-electron chi connectivity index (χ0n) is 17.1. The van der Waals surface area contributed by atoms with Crippen LogP contribution >= 0.6 is 0 Å². The van der Waals surface area contributed by atoms with Gasteiger partial charge in [-0.2, -0.15) is 0 Å². The molecule has 28 heavy (non-hydrogen) atoms. The van der Waals surface area contributed by atoms with Crippen molar-refractivity contribution in [3.8, 4) is 0 Å². The average Bonchev–Trinajstić information content (AvgIpc) is 2.65. The Morgan fingerprint density at radius 1 is 1.18 bits per heavy atom. The third-order valence-corrected chi connectivity index (χ3v) is 4.59. The highest BCUT2D eigenvalue weighted by atomic mass is 16.3. The van der Waals surface area contributed by atoms with E-state index in [0.29, 0.717) is 25.8 Å². The van der Waals surface area contributed by atoms with Crippen LogP contribution in [0.2, 0.25) is 0 Å². The largest absolute Gasteiger partial charge is 0.391 e. The van der Waals surface area contributed by atoms with Gasteiger partial charge in [-0.1, -0.05) is 34.1 Å². The summed E-state index contributed by atoms with van der Waals surface area (Å²) in [6, 6.07) is -2.90. The summed E-state index contributed by atoms with van der Waals surface area (Å²) in [7, 11) is 0. The lowest BCUT2D eigenvalue weighted by molar-refractivity contribution is -0.132. The maximum atomic E-state index is 12.6. The Morgan fingerprint density at radius 3 is 2.25 bits per heavy atom. The van der Waals surface area contributed by atoms with E-state index in [9.17, 15) is 19.5 Å². The molecule has 0 saturated heterocycles. The fourth-order valence-corrected chi connectivity index (χ4v) is 2.47. The molecule has 0 bridgehead atoms. The van der Waals surface area contributed by atoms with Crippen molar-refractivity contribution in [2.75, 3.05) is 6.54 Å². The first-order valence-corrected chi connectivity index (χ1v) is 9.55. The molecule has 10 nitrogen and oxygen atoms in total. The molecule has 2 amide bonds. The minimum atomic E-state index is -1.16. The van der Waals surface area contributed by atoms with Crippen molar-refractivity contribution >= 4 is 24.1 Å². The van der Waals surface area contributed by atoms with Crippen LogP contribution in [0.5, 0.6) is 0 Å². The smallest absolute Gasteiger partial charge is 0.243 e. The quantitative estimate of drug-likeness (QED) is 0.114. The molecule has 0 aromatic carbocycles. The van der Waals surface area contributed by atoms with Crippen molar-refractivity contribution in [2.45, 2.75) is 71.2 Å². The highest BCUT2D eigenvalue weighted by Crippen LogP contribution is 2.11. The van der Waals surface area contributed by atoms with Gasteiger partial charge in [-0.05, 0) is 24.7 Å². The molecule has 10 heteroatoms. The average molecular weight is 400 g/mol. The van der Waals surface area contributed by atoms with E-state index in [2.05, 4.69) is 16.0 Å². The molecule has 1 radical (unpaired) electrons. The summed E-state index contributed by atoms with van der Waals surface area (Å²) in [5.74, 6) is -1.73. The van der Waals surface area contributed by atoms with Gasteiger partial charge in [0.1, 0.15) is 12.1 Å². The first kappa shape index (κ1) is 25.8. The molecule has 5 atom stereocenters. The van der Waals surface area contributed by atoms with Crippen LogP contribution in [0, 0.1) is 17.2 Å². The zero-order valence-corrected chi connectivity index (χ0v) is 17.1. The summed E-state index contributed by atoms with van der Waals surface area (Å²) in [6.07, 6.45) is 2.14. The summed E-state index contributed by atoms with van der Waals surface area (Å²) < 4.78 is 0. The van der Waals surface area contributed by atoms with E-state index in [0.717, 1.165) is 0 Å². The molecule has 0 fully saturated rings. The van der Waals surface area contributed by atoms with E-state index in [4.69, 9.17) is 16.9 Å². The van der Waals surface area contributed by atoms with Gasteiger partial charge in [-0.15, -0.1) is 0 Å². The number of amides is 2. The Labute approximate surface area is 166 Å². The number of nitrogens with two attached hydrogens (primary N) is 2. The van der Waals surface area contributed by atoms with Crippen LogP contribution in [0.3, 0.4) is 0 Å². The van der Waals surface area contributed by atoms with Crippen LogP contribution in [-0.2, 0) is 14.4 Å². The van der Waals surface area contributed by atoms with Gasteiger partial charge in [0.15, 0.2) is 5.96 Å². The monoisotopic (exact) mass is 399 g/mol. The SMILES string of the molecule is CC[C@H](C)[C@H](NC(=O)[C@@H](N)[C@H](O)C(C)C)C(=O)N[C@@H]([C]=O)CCCNC(=N)N. The van der Waals surface area contributed by atoms with E-state index in [1.165, 1.54) is 0 Å². The molecular weight excluding hydrogens is 364 g/mol. The summed E-state index contributed by atoms with van der Waals surface area (Å²) in [5, 5.41) is 24.8. The Kier molecular flexibility index (Phi) is 12.0. The maximum absolute atomic E-state index is 12.6. The Bertz CT molecular complexity index is 528. The van der Waals surface area contributed by atoms with Crippen molar-refractivity contribution in [3.05, 3.63) is 0 Å². The summed E-state index contributed by atoms with van der Waals surface area (Å²) in [6.45, 7) is 7.53. The molecule has 0 aromatic heterocycles. The van der Waals surface area contributed by atoms with Crippen molar-refractivity contribution in [1.29, 1.82) is 5.41 Å². The molecule has 9 N–H and O–H groups in total. The topological polar surface area (TPSA) is 183 Å². The number of hydrogen-bond donors (Lipinski definition) is 7. The molecule has 0 unspecified atom stereocenters. The third kappa shape index (κ3) is 9.14. The van der Waals surface area contributed by atoms with Crippen molar-refractivity contribution < 1.29 is 19.5 Å². The molecule has 161 valence electrons. The van der Waals surface area contributed by atoms with Crippen molar-refractivity contribution in [2.24, 2.45) is 23.3 Å². The Hall–Kier alpha value is -2.20. The normalized spacial score (nSPS) is 16.4. The number of guanidine groups is 1. The molecule has 0 aromatic rings. The van der Waals surface area contributed by atoms with Crippen LogP contribution in [0.25, 0.3) is 0 Å². The minimum Gasteiger partial charge on any atom is -0.391 e. The van der Waals surface area contributed by atoms with Gasteiger partial charge in [-0.3, -0.25) is 19.8 Å². The number of nitrogens with one attached hydrogen (secondary N) is 4. The molecular formula is C18H35N6O4. The van der Waals surface area contributed by atoms with E-state index in [1.807, 2.05) is 6.92 Å². The number of carbonyl (C=O) groups is 2. The standard InChI is InChI=1S/C18H35N6O4/c1-5-11(4)14(24-16(27)13(19)15(26)10(2)3)17(28)23-12(9-25)7-6-8-22-18(20)21/h10-15,26H,5-8,19H2,1-4H3,(H,23,28)(H,24,27)(H4,20,21,22)/t11-,12+,13-,14-,15+/m0/s1. The number of rotatable bonds is 13. The number of hydrogen-bond acceptors (Lipinski definition) is 6. The molecule has 0 aliphatic rings. The predicted molar refractivity (Wildman–Crippen MR) is 107 cm³/mol. The summed E-state index contributed by atoms with van der Waals surface area (Å²) in [5.41, 5.74) is 11.0. The second-order valence-corrected chi connectivity index (χ2v) is 7.29. The highest BCUT2D eigenvalue weighted by molar-refractivity contribution is 5.91. The lowest BCUT2D eigenvalue weighted by Crippen LogP contribution is -2.58. The lowest BCUT2D eigenvalue weighted by atomic mass is 9.95. The summed E-state index contributed by atoms with van der Waals surface area (Å²) in [4.78, 5) is 36.2. The second-order valence-electron chi connectivity index (χ2n) is 7.29. The molecule has 0 rings (SSSR count). The molecule has 0 heterocycles. The zero-order chi connectivity index (χ0) is 21.9. The van der Waals surface area contributed by atoms with E-state index >= 15 is 0 Å². The Morgan fingerprint density at radius 2 is 1.79 bits per heavy atom. The van der Waals surface area contributed by atoms with Crippen LogP contribution in [0.15, 0.2) is 0 Å². The van der Waals surface area contributed by atoms with Crippen LogP contribution < -0.4 is 27.4 Å². The first-order valence-electron chi connectivity index (χ1n) is 9.55. The van der Waals surface area contributed by atoms with Crippen LogP contribution in [0.1, 0.15) is 47.0 Å². The van der Waals surface area contributed by atoms with Gasteiger partial charge in [0.05, 0.1) is 12.1 Å². The van der Waals surface area contributed by atoms with Crippen LogP contribution in [-0.4, -0.2) is 59.9 Å². The first-order chi connectivity index (χ1) is 13.0.